The Kier molecular flexibility index (Phi) is 6.97. The molecule has 3 N–H and O–H groups in total. The lowest BCUT2D eigenvalue weighted by Crippen LogP contribution is -2.35. The second-order valence-electron chi connectivity index (χ2n) is 4.56. The third-order valence-corrected chi connectivity index (χ3v) is 3.04. The van der Waals surface area contributed by atoms with Crippen LogP contribution in [0.2, 0.25) is 0 Å². The number of carbonyl (C=O) groups excluding carboxylic acids is 1. The first-order valence-electron chi connectivity index (χ1n) is 6.97. The molecule has 4 nitrogen and oxygen atoms in total. The number of hydrogen-bond donors (Lipinski definition) is 3. The summed E-state index contributed by atoms with van der Waals surface area (Å²) in [5.74, 6) is -0.0838. The van der Waals surface area contributed by atoms with Gasteiger partial charge in [-0.15, -0.1) is 0 Å². The van der Waals surface area contributed by atoms with Crippen LogP contribution in [0, 0.1) is 0 Å². The van der Waals surface area contributed by atoms with Crippen LogP contribution in [0.15, 0.2) is 24.3 Å². The average molecular weight is 264 g/mol. The Morgan fingerprint density at radius 1 is 1.32 bits per heavy atom. The standard InChI is InChI=1S/C15H24N2O2/c1-3-10-16-14-8-6-5-7-13(14)15(19)17-12(4-2)9-11-18/h5-8,12,16,18H,3-4,9-11H2,1-2H3,(H,17,19). The summed E-state index contributed by atoms with van der Waals surface area (Å²) in [6, 6.07) is 7.53. The average Bonchev–Trinajstić information content (AvgIpc) is 2.44. The van der Waals surface area contributed by atoms with Gasteiger partial charge in [-0.2, -0.15) is 0 Å². The van der Waals surface area contributed by atoms with E-state index in [1.165, 1.54) is 0 Å². The summed E-state index contributed by atoms with van der Waals surface area (Å²) in [5, 5.41) is 15.2. The molecule has 0 saturated heterocycles. The molecule has 1 unspecified atom stereocenters. The molecule has 19 heavy (non-hydrogen) atoms. The number of hydrogen-bond acceptors (Lipinski definition) is 3. The molecular weight excluding hydrogens is 240 g/mol. The van der Waals surface area contributed by atoms with Crippen LogP contribution in [0.1, 0.15) is 43.5 Å². The number of benzene rings is 1. The lowest BCUT2D eigenvalue weighted by atomic mass is 10.1. The third-order valence-electron chi connectivity index (χ3n) is 3.04. The molecule has 0 fully saturated rings. The largest absolute Gasteiger partial charge is 0.396 e. The quantitative estimate of drug-likeness (QED) is 0.675. The van der Waals surface area contributed by atoms with E-state index in [4.69, 9.17) is 5.11 Å². The molecule has 4 heteroatoms. The van der Waals surface area contributed by atoms with Gasteiger partial charge in [0, 0.05) is 24.9 Å². The molecule has 0 aliphatic carbocycles. The molecule has 0 saturated carbocycles. The molecule has 0 radical (unpaired) electrons. The van der Waals surface area contributed by atoms with Crippen LogP contribution in [0.5, 0.6) is 0 Å². The van der Waals surface area contributed by atoms with Crippen molar-refractivity contribution in [2.24, 2.45) is 0 Å². The summed E-state index contributed by atoms with van der Waals surface area (Å²) in [6.07, 6.45) is 2.42. The zero-order valence-electron chi connectivity index (χ0n) is 11.8. The minimum Gasteiger partial charge on any atom is -0.396 e. The molecule has 1 rings (SSSR count). The highest BCUT2D eigenvalue weighted by molar-refractivity contribution is 5.99. The number of rotatable bonds is 8. The smallest absolute Gasteiger partial charge is 0.253 e. The molecule has 0 aromatic heterocycles. The van der Waals surface area contributed by atoms with Crippen LogP contribution < -0.4 is 10.6 Å². The van der Waals surface area contributed by atoms with Crippen LogP contribution in [0.4, 0.5) is 5.69 Å². The maximum absolute atomic E-state index is 12.2. The fourth-order valence-corrected chi connectivity index (χ4v) is 1.89. The van der Waals surface area contributed by atoms with Crippen molar-refractivity contribution in [3.8, 4) is 0 Å². The molecule has 0 aliphatic heterocycles. The predicted molar refractivity (Wildman–Crippen MR) is 78.5 cm³/mol. The first-order chi connectivity index (χ1) is 9.22. The molecule has 1 atom stereocenters. The van der Waals surface area contributed by atoms with Gasteiger partial charge in [0.2, 0.25) is 0 Å². The second kappa shape index (κ2) is 8.53. The number of para-hydroxylation sites is 1. The van der Waals surface area contributed by atoms with Gasteiger partial charge in [0.15, 0.2) is 0 Å². The lowest BCUT2D eigenvalue weighted by Gasteiger charge is -2.17. The SMILES string of the molecule is CCCNc1ccccc1C(=O)NC(CC)CCO. The van der Waals surface area contributed by atoms with Gasteiger partial charge >= 0.3 is 0 Å². The molecule has 1 aromatic carbocycles. The van der Waals surface area contributed by atoms with E-state index in [0.717, 1.165) is 25.1 Å². The van der Waals surface area contributed by atoms with Crippen molar-refractivity contribution in [2.75, 3.05) is 18.5 Å². The summed E-state index contributed by atoms with van der Waals surface area (Å²) >= 11 is 0. The highest BCUT2D eigenvalue weighted by Crippen LogP contribution is 2.15. The van der Waals surface area contributed by atoms with E-state index in [2.05, 4.69) is 17.6 Å². The zero-order valence-corrected chi connectivity index (χ0v) is 11.8. The Morgan fingerprint density at radius 3 is 2.68 bits per heavy atom. The first-order valence-corrected chi connectivity index (χ1v) is 6.97. The van der Waals surface area contributed by atoms with E-state index in [-0.39, 0.29) is 18.6 Å². The van der Waals surface area contributed by atoms with E-state index in [1.54, 1.807) is 0 Å². The van der Waals surface area contributed by atoms with E-state index in [9.17, 15) is 4.79 Å². The number of carbonyl (C=O) groups is 1. The summed E-state index contributed by atoms with van der Waals surface area (Å²) in [6.45, 7) is 5.03. The van der Waals surface area contributed by atoms with Crippen LogP contribution in [0.25, 0.3) is 0 Å². The van der Waals surface area contributed by atoms with Gasteiger partial charge in [0.05, 0.1) is 5.56 Å². The number of aliphatic hydroxyl groups is 1. The molecule has 1 aromatic rings. The van der Waals surface area contributed by atoms with Crippen molar-refractivity contribution in [3.63, 3.8) is 0 Å². The fraction of sp³-hybridized carbons (Fsp3) is 0.533. The van der Waals surface area contributed by atoms with Crippen molar-refractivity contribution < 1.29 is 9.90 Å². The van der Waals surface area contributed by atoms with Gasteiger partial charge in [-0.05, 0) is 31.4 Å². The first kappa shape index (κ1) is 15.5. The molecule has 0 spiro atoms. The normalized spacial score (nSPS) is 11.9. The minimum atomic E-state index is -0.0838. The van der Waals surface area contributed by atoms with Gasteiger partial charge in [0.25, 0.3) is 5.91 Å². The van der Waals surface area contributed by atoms with Gasteiger partial charge in [-0.3, -0.25) is 4.79 Å². The predicted octanol–water partition coefficient (Wildman–Crippen LogP) is 2.40. The summed E-state index contributed by atoms with van der Waals surface area (Å²) in [4.78, 5) is 12.2. The molecule has 0 heterocycles. The fourth-order valence-electron chi connectivity index (χ4n) is 1.89. The Morgan fingerprint density at radius 2 is 2.05 bits per heavy atom. The van der Waals surface area contributed by atoms with Gasteiger partial charge in [0.1, 0.15) is 0 Å². The Hall–Kier alpha value is -1.55. The molecule has 0 bridgehead atoms. The van der Waals surface area contributed by atoms with Crippen LogP contribution in [-0.4, -0.2) is 30.2 Å². The Balaban J connectivity index is 2.75. The van der Waals surface area contributed by atoms with E-state index in [0.29, 0.717) is 12.0 Å². The minimum absolute atomic E-state index is 0.0248. The van der Waals surface area contributed by atoms with Gasteiger partial charge in [-0.1, -0.05) is 26.0 Å². The number of amides is 1. The zero-order chi connectivity index (χ0) is 14.1. The molecule has 0 aliphatic rings. The lowest BCUT2D eigenvalue weighted by molar-refractivity contribution is 0.0930. The second-order valence-corrected chi connectivity index (χ2v) is 4.56. The molecule has 1 amide bonds. The maximum atomic E-state index is 12.2. The van der Waals surface area contributed by atoms with Crippen molar-refractivity contribution >= 4 is 11.6 Å². The van der Waals surface area contributed by atoms with Crippen LogP contribution in [-0.2, 0) is 0 Å². The van der Waals surface area contributed by atoms with Crippen molar-refractivity contribution in [1.29, 1.82) is 0 Å². The van der Waals surface area contributed by atoms with Crippen LogP contribution in [0.3, 0.4) is 0 Å². The Labute approximate surface area is 115 Å². The van der Waals surface area contributed by atoms with Gasteiger partial charge < -0.3 is 15.7 Å². The number of anilines is 1. The monoisotopic (exact) mass is 264 g/mol. The third kappa shape index (κ3) is 4.91. The maximum Gasteiger partial charge on any atom is 0.253 e. The molecular formula is C15H24N2O2. The van der Waals surface area contributed by atoms with E-state index >= 15 is 0 Å². The van der Waals surface area contributed by atoms with Crippen molar-refractivity contribution in [1.82, 2.24) is 5.32 Å². The van der Waals surface area contributed by atoms with Crippen LogP contribution >= 0.6 is 0 Å². The highest BCUT2D eigenvalue weighted by Gasteiger charge is 2.14. The summed E-state index contributed by atoms with van der Waals surface area (Å²) in [5.41, 5.74) is 1.52. The summed E-state index contributed by atoms with van der Waals surface area (Å²) in [7, 11) is 0. The topological polar surface area (TPSA) is 61.4 Å². The Bertz CT molecular complexity index is 393. The van der Waals surface area contributed by atoms with E-state index < -0.39 is 0 Å². The van der Waals surface area contributed by atoms with E-state index in [1.807, 2.05) is 31.2 Å². The van der Waals surface area contributed by atoms with Gasteiger partial charge in [-0.25, -0.2) is 0 Å². The molecule has 106 valence electrons. The summed E-state index contributed by atoms with van der Waals surface area (Å²) < 4.78 is 0. The number of aliphatic hydroxyl groups excluding tert-OH is 1. The van der Waals surface area contributed by atoms with Crippen molar-refractivity contribution in [3.05, 3.63) is 29.8 Å². The van der Waals surface area contributed by atoms with Crippen molar-refractivity contribution in [2.45, 2.75) is 39.2 Å². The highest BCUT2D eigenvalue weighted by atomic mass is 16.3. The number of nitrogens with one attached hydrogen (secondary N) is 2.